The molecule has 3 rings (SSSR count). The van der Waals surface area contributed by atoms with Gasteiger partial charge in [0.05, 0.1) is 22.6 Å². The van der Waals surface area contributed by atoms with Gasteiger partial charge in [-0.25, -0.2) is 13.5 Å². The fraction of sp³-hybridized carbons (Fsp3) is 0.100. The topological polar surface area (TPSA) is 34.9 Å². The highest BCUT2D eigenvalue weighted by Gasteiger charge is 2.17. The van der Waals surface area contributed by atoms with E-state index in [2.05, 4.69) is 5.10 Å². The van der Waals surface area contributed by atoms with E-state index in [0.717, 1.165) is 23.5 Å². The third-order valence-corrected chi connectivity index (χ3v) is 3.91. The number of rotatable bonds is 4. The number of carbonyl (C=O) groups is 1. The molecular formula is C20H16F2N2O. The summed E-state index contributed by atoms with van der Waals surface area (Å²) in [5, 5.41) is 4.43. The zero-order valence-corrected chi connectivity index (χ0v) is 13.8. The van der Waals surface area contributed by atoms with E-state index in [4.69, 9.17) is 0 Å². The molecule has 0 saturated heterocycles. The zero-order chi connectivity index (χ0) is 18.0. The number of hydrogen-bond donors (Lipinski definition) is 0. The van der Waals surface area contributed by atoms with Crippen molar-refractivity contribution in [1.29, 1.82) is 0 Å². The van der Waals surface area contributed by atoms with Crippen molar-refractivity contribution in [2.24, 2.45) is 0 Å². The molecule has 1 heterocycles. The molecule has 0 aliphatic rings. The Bertz CT molecular complexity index is 959. The maximum Gasteiger partial charge on any atom is 0.189 e. The van der Waals surface area contributed by atoms with Crippen LogP contribution in [0.1, 0.15) is 27.3 Å². The molecule has 0 fully saturated rings. The van der Waals surface area contributed by atoms with Crippen molar-refractivity contribution in [3.05, 3.63) is 88.8 Å². The van der Waals surface area contributed by atoms with Gasteiger partial charge in [-0.15, -0.1) is 0 Å². The average molecular weight is 338 g/mol. The van der Waals surface area contributed by atoms with Crippen LogP contribution in [-0.4, -0.2) is 15.6 Å². The molecule has 25 heavy (non-hydrogen) atoms. The van der Waals surface area contributed by atoms with Gasteiger partial charge in [0.1, 0.15) is 0 Å². The van der Waals surface area contributed by atoms with E-state index in [-0.39, 0.29) is 5.78 Å². The van der Waals surface area contributed by atoms with Gasteiger partial charge >= 0.3 is 0 Å². The number of carbonyl (C=O) groups excluding carboxylic acids is 1. The van der Waals surface area contributed by atoms with Crippen LogP contribution in [0.15, 0.2) is 54.6 Å². The van der Waals surface area contributed by atoms with Crippen molar-refractivity contribution in [3.63, 3.8) is 0 Å². The summed E-state index contributed by atoms with van der Waals surface area (Å²) in [6, 6.07) is 13.0. The Morgan fingerprint density at radius 1 is 1.04 bits per heavy atom. The molecule has 0 N–H and O–H groups in total. The molecule has 0 unspecified atom stereocenters. The second-order valence-electron chi connectivity index (χ2n) is 5.66. The van der Waals surface area contributed by atoms with E-state index >= 15 is 0 Å². The quantitative estimate of drug-likeness (QED) is 0.512. The van der Waals surface area contributed by atoms with Gasteiger partial charge in [-0.2, -0.15) is 5.10 Å². The van der Waals surface area contributed by atoms with Crippen molar-refractivity contribution < 1.29 is 13.6 Å². The van der Waals surface area contributed by atoms with Crippen LogP contribution in [-0.2, 0) is 0 Å². The molecular weight excluding hydrogens is 322 g/mol. The largest absolute Gasteiger partial charge is 0.289 e. The van der Waals surface area contributed by atoms with Crippen LogP contribution in [0.5, 0.6) is 0 Å². The first kappa shape index (κ1) is 16.8. The first-order chi connectivity index (χ1) is 12.0. The maximum absolute atomic E-state index is 13.2. The minimum atomic E-state index is -0.946. The first-order valence-electron chi connectivity index (χ1n) is 7.76. The lowest BCUT2D eigenvalue weighted by molar-refractivity contribution is 0.104. The standard InChI is InChI=1S/C20H16F2N2O/c1-13-20(14(2)24(23-13)16-6-4-3-5-7-16)19(25)11-9-15-8-10-17(21)18(22)12-15/h3-12H,1-2H3. The van der Waals surface area contributed by atoms with Crippen LogP contribution in [0.3, 0.4) is 0 Å². The molecule has 0 spiro atoms. The maximum atomic E-state index is 13.2. The highest BCUT2D eigenvalue weighted by atomic mass is 19.2. The minimum absolute atomic E-state index is 0.234. The summed E-state index contributed by atoms with van der Waals surface area (Å²) < 4.78 is 27.9. The predicted octanol–water partition coefficient (Wildman–Crippen LogP) is 4.66. The first-order valence-corrected chi connectivity index (χ1v) is 7.76. The predicted molar refractivity (Wildman–Crippen MR) is 92.8 cm³/mol. The monoisotopic (exact) mass is 338 g/mol. The van der Waals surface area contributed by atoms with Crippen molar-refractivity contribution in [2.75, 3.05) is 0 Å². The number of hydrogen-bond acceptors (Lipinski definition) is 2. The molecule has 0 atom stereocenters. The highest BCUT2D eigenvalue weighted by Crippen LogP contribution is 2.19. The summed E-state index contributed by atoms with van der Waals surface area (Å²) in [4.78, 5) is 12.5. The van der Waals surface area contributed by atoms with E-state index in [9.17, 15) is 13.6 Å². The average Bonchev–Trinajstić information content (AvgIpc) is 2.91. The SMILES string of the molecule is Cc1nn(-c2ccccc2)c(C)c1C(=O)C=Cc1ccc(F)c(F)c1. The molecule has 0 aliphatic carbocycles. The fourth-order valence-corrected chi connectivity index (χ4v) is 2.69. The molecule has 0 bridgehead atoms. The summed E-state index contributed by atoms with van der Waals surface area (Å²) in [5.41, 5.74) is 3.12. The number of nitrogens with zero attached hydrogens (tertiary/aromatic N) is 2. The Balaban J connectivity index is 1.91. The molecule has 3 nitrogen and oxygen atoms in total. The molecule has 0 amide bonds. The van der Waals surface area contributed by atoms with Crippen molar-refractivity contribution in [1.82, 2.24) is 9.78 Å². The van der Waals surface area contributed by atoms with Crippen LogP contribution in [0.25, 0.3) is 11.8 Å². The van der Waals surface area contributed by atoms with Gasteiger partial charge in [0.25, 0.3) is 0 Å². The summed E-state index contributed by atoms with van der Waals surface area (Å²) >= 11 is 0. The van der Waals surface area contributed by atoms with E-state index in [0.29, 0.717) is 16.8 Å². The van der Waals surface area contributed by atoms with Gasteiger partial charge in [0.15, 0.2) is 17.4 Å². The molecule has 126 valence electrons. The number of aromatic nitrogens is 2. The molecule has 1 aromatic heterocycles. The number of allylic oxidation sites excluding steroid dienone is 1. The Morgan fingerprint density at radius 2 is 1.76 bits per heavy atom. The third-order valence-electron chi connectivity index (χ3n) is 3.91. The number of halogens is 2. The van der Waals surface area contributed by atoms with Crippen LogP contribution >= 0.6 is 0 Å². The van der Waals surface area contributed by atoms with Gasteiger partial charge in [0.2, 0.25) is 0 Å². The summed E-state index contributed by atoms with van der Waals surface area (Å²) in [6.07, 6.45) is 2.81. The Kier molecular flexibility index (Phi) is 4.57. The Morgan fingerprint density at radius 3 is 2.44 bits per heavy atom. The van der Waals surface area contributed by atoms with Crippen LogP contribution in [0, 0.1) is 25.5 Å². The molecule has 0 radical (unpaired) electrons. The van der Waals surface area contributed by atoms with Gasteiger partial charge < -0.3 is 0 Å². The van der Waals surface area contributed by atoms with Crippen molar-refractivity contribution in [2.45, 2.75) is 13.8 Å². The minimum Gasteiger partial charge on any atom is -0.289 e. The zero-order valence-electron chi connectivity index (χ0n) is 13.8. The summed E-state index contributed by atoms with van der Waals surface area (Å²) in [7, 11) is 0. The number of ketones is 1. The second kappa shape index (κ2) is 6.81. The highest BCUT2D eigenvalue weighted by molar-refractivity contribution is 6.08. The summed E-state index contributed by atoms with van der Waals surface area (Å²) in [6.45, 7) is 3.59. The van der Waals surface area contributed by atoms with Crippen LogP contribution in [0.4, 0.5) is 8.78 Å². The lowest BCUT2D eigenvalue weighted by Crippen LogP contribution is -2.01. The van der Waals surface area contributed by atoms with E-state index in [1.54, 1.807) is 11.6 Å². The number of benzene rings is 2. The van der Waals surface area contributed by atoms with Crippen molar-refractivity contribution in [3.8, 4) is 5.69 Å². The van der Waals surface area contributed by atoms with Gasteiger partial charge in [-0.3, -0.25) is 4.79 Å². The second-order valence-corrected chi connectivity index (χ2v) is 5.66. The van der Waals surface area contributed by atoms with Crippen LogP contribution in [0.2, 0.25) is 0 Å². The lowest BCUT2D eigenvalue weighted by atomic mass is 10.1. The molecule has 5 heteroatoms. The van der Waals surface area contributed by atoms with Crippen LogP contribution < -0.4 is 0 Å². The fourth-order valence-electron chi connectivity index (χ4n) is 2.69. The van der Waals surface area contributed by atoms with Gasteiger partial charge in [-0.05, 0) is 49.8 Å². The lowest BCUT2D eigenvalue weighted by Gasteiger charge is -2.04. The van der Waals surface area contributed by atoms with Gasteiger partial charge in [-0.1, -0.05) is 30.3 Å². The van der Waals surface area contributed by atoms with E-state index in [1.807, 2.05) is 37.3 Å². The normalized spacial score (nSPS) is 11.2. The number of para-hydroxylation sites is 1. The summed E-state index contributed by atoms with van der Waals surface area (Å²) in [5.74, 6) is -2.10. The van der Waals surface area contributed by atoms with E-state index < -0.39 is 11.6 Å². The Hall–Kier alpha value is -3.08. The molecule has 0 saturated carbocycles. The van der Waals surface area contributed by atoms with Crippen molar-refractivity contribution >= 4 is 11.9 Å². The third kappa shape index (κ3) is 3.40. The molecule has 0 aliphatic heterocycles. The van der Waals surface area contributed by atoms with E-state index in [1.165, 1.54) is 18.2 Å². The number of aryl methyl sites for hydroxylation is 1. The Labute approximate surface area is 144 Å². The van der Waals surface area contributed by atoms with Gasteiger partial charge in [0, 0.05) is 0 Å². The molecule has 2 aromatic carbocycles. The smallest absolute Gasteiger partial charge is 0.189 e. The molecule has 3 aromatic rings.